The maximum Gasteiger partial charge on any atom is 0.308 e. The maximum atomic E-state index is 13.1. The van der Waals surface area contributed by atoms with Crippen LogP contribution in [-0.2, 0) is 9.59 Å². The quantitative estimate of drug-likeness (QED) is 0.375. The Hall–Kier alpha value is -4.12. The summed E-state index contributed by atoms with van der Waals surface area (Å²) in [7, 11) is 0. The Labute approximate surface area is 181 Å². The standard InChI is InChI=1S/C26H22N2O3/c1-19(29)31-25-15-9-8-14-22(25)23-18-24(21-12-6-3-7-13-21)28(27-23)26(30)17-16-20-10-4-2-5-11-20/h2-18,24,27H,1H3/b17-16+/t24-/m0/s1. The van der Waals surface area contributed by atoms with Crippen molar-refractivity contribution in [1.29, 1.82) is 0 Å². The van der Waals surface area contributed by atoms with Crippen molar-refractivity contribution < 1.29 is 14.3 Å². The Balaban J connectivity index is 1.66. The molecule has 0 aliphatic carbocycles. The number of nitrogens with one attached hydrogen (secondary N) is 1. The number of hydrogen-bond acceptors (Lipinski definition) is 4. The van der Waals surface area contributed by atoms with Crippen LogP contribution in [0, 0.1) is 0 Å². The summed E-state index contributed by atoms with van der Waals surface area (Å²) in [5, 5.41) is 1.58. The smallest absolute Gasteiger partial charge is 0.308 e. The summed E-state index contributed by atoms with van der Waals surface area (Å²) < 4.78 is 5.36. The average Bonchev–Trinajstić information content (AvgIpc) is 3.24. The number of hydrogen-bond donors (Lipinski definition) is 1. The van der Waals surface area contributed by atoms with E-state index in [2.05, 4.69) is 5.43 Å². The Bertz CT molecular complexity index is 1140. The molecule has 3 aromatic rings. The molecule has 154 valence electrons. The number of carbonyl (C=O) groups is 2. The van der Waals surface area contributed by atoms with E-state index in [4.69, 9.17) is 4.74 Å². The van der Waals surface area contributed by atoms with Gasteiger partial charge in [-0.15, -0.1) is 0 Å². The van der Waals surface area contributed by atoms with E-state index in [-0.39, 0.29) is 11.9 Å². The van der Waals surface area contributed by atoms with Crippen LogP contribution in [0.4, 0.5) is 0 Å². The molecule has 1 aliphatic rings. The van der Waals surface area contributed by atoms with Gasteiger partial charge in [0.15, 0.2) is 0 Å². The van der Waals surface area contributed by atoms with Crippen LogP contribution in [0.1, 0.15) is 29.7 Å². The van der Waals surface area contributed by atoms with Gasteiger partial charge in [0.2, 0.25) is 0 Å². The Morgan fingerprint density at radius 1 is 0.903 bits per heavy atom. The first-order chi connectivity index (χ1) is 15.1. The molecule has 0 aromatic heterocycles. The van der Waals surface area contributed by atoms with Crippen LogP contribution >= 0.6 is 0 Å². The third-order valence-electron chi connectivity index (χ3n) is 4.87. The Morgan fingerprint density at radius 2 is 1.55 bits per heavy atom. The van der Waals surface area contributed by atoms with Gasteiger partial charge >= 0.3 is 5.97 Å². The normalized spacial score (nSPS) is 15.5. The average molecular weight is 410 g/mol. The predicted octanol–water partition coefficient (Wildman–Crippen LogP) is 4.75. The van der Waals surface area contributed by atoms with Gasteiger partial charge in [-0.25, -0.2) is 5.01 Å². The Morgan fingerprint density at radius 3 is 2.26 bits per heavy atom. The highest BCUT2D eigenvalue weighted by atomic mass is 16.5. The summed E-state index contributed by atoms with van der Waals surface area (Å²) >= 11 is 0. The molecule has 0 unspecified atom stereocenters. The molecule has 0 saturated carbocycles. The molecule has 3 aromatic carbocycles. The number of amides is 1. The lowest BCUT2D eigenvalue weighted by Gasteiger charge is -2.24. The molecule has 0 spiro atoms. The van der Waals surface area contributed by atoms with Gasteiger partial charge in [0.05, 0.1) is 11.7 Å². The highest BCUT2D eigenvalue weighted by Crippen LogP contribution is 2.34. The molecule has 1 heterocycles. The van der Waals surface area contributed by atoms with Crippen molar-refractivity contribution in [2.75, 3.05) is 0 Å². The van der Waals surface area contributed by atoms with Gasteiger partial charge in [-0.1, -0.05) is 72.8 Å². The lowest BCUT2D eigenvalue weighted by molar-refractivity contribution is -0.132. The van der Waals surface area contributed by atoms with Crippen LogP contribution in [0.15, 0.2) is 97.1 Å². The van der Waals surface area contributed by atoms with Gasteiger partial charge in [-0.3, -0.25) is 15.0 Å². The first-order valence-corrected chi connectivity index (χ1v) is 9.99. The highest BCUT2D eigenvalue weighted by molar-refractivity contribution is 5.93. The van der Waals surface area contributed by atoms with E-state index in [1.807, 2.05) is 78.9 Å². The number of rotatable bonds is 5. The second-order valence-electron chi connectivity index (χ2n) is 7.09. The van der Waals surface area contributed by atoms with E-state index in [0.717, 1.165) is 11.1 Å². The van der Waals surface area contributed by atoms with Crippen LogP contribution in [0.3, 0.4) is 0 Å². The van der Waals surface area contributed by atoms with Crippen molar-refractivity contribution in [3.8, 4) is 5.75 Å². The molecular formula is C26H22N2O3. The molecule has 31 heavy (non-hydrogen) atoms. The van der Waals surface area contributed by atoms with E-state index in [1.54, 1.807) is 29.3 Å². The summed E-state index contributed by atoms with van der Waals surface area (Å²) in [6.45, 7) is 1.37. The topological polar surface area (TPSA) is 58.6 Å². The molecule has 4 rings (SSSR count). The molecule has 5 heteroatoms. The fraction of sp³-hybridized carbons (Fsp3) is 0.0769. The van der Waals surface area contributed by atoms with Crippen LogP contribution in [-0.4, -0.2) is 16.9 Å². The molecule has 0 radical (unpaired) electrons. The van der Waals surface area contributed by atoms with Crippen LogP contribution in [0.2, 0.25) is 0 Å². The van der Waals surface area contributed by atoms with Crippen LogP contribution in [0.5, 0.6) is 5.75 Å². The van der Waals surface area contributed by atoms with E-state index >= 15 is 0 Å². The minimum absolute atomic E-state index is 0.186. The number of benzene rings is 3. The van der Waals surface area contributed by atoms with Gasteiger partial charge in [-0.05, 0) is 35.4 Å². The Kier molecular flexibility index (Phi) is 5.94. The summed E-state index contributed by atoms with van der Waals surface area (Å²) in [6.07, 6.45) is 5.30. The fourth-order valence-corrected chi connectivity index (χ4v) is 3.45. The summed E-state index contributed by atoms with van der Waals surface area (Å²) in [5.41, 5.74) is 6.53. The lowest BCUT2D eigenvalue weighted by atomic mass is 10.0. The van der Waals surface area contributed by atoms with E-state index in [9.17, 15) is 9.59 Å². The molecule has 1 N–H and O–H groups in total. The molecule has 0 saturated heterocycles. The van der Waals surface area contributed by atoms with Crippen molar-refractivity contribution in [2.45, 2.75) is 13.0 Å². The van der Waals surface area contributed by atoms with Crippen molar-refractivity contribution in [3.63, 3.8) is 0 Å². The molecule has 1 aliphatic heterocycles. The number of esters is 1. The lowest BCUT2D eigenvalue weighted by Crippen LogP contribution is -2.38. The molecule has 0 bridgehead atoms. The molecular weight excluding hydrogens is 388 g/mol. The minimum atomic E-state index is -0.399. The summed E-state index contributed by atoms with van der Waals surface area (Å²) in [4.78, 5) is 24.6. The number of carbonyl (C=O) groups excluding carboxylic acids is 2. The zero-order valence-corrected chi connectivity index (χ0v) is 17.1. The number of nitrogens with zero attached hydrogens (tertiary/aromatic N) is 1. The summed E-state index contributed by atoms with van der Waals surface area (Å²) in [5.74, 6) is -0.145. The van der Waals surface area contributed by atoms with Gasteiger partial charge in [-0.2, -0.15) is 0 Å². The number of hydrazine groups is 1. The first-order valence-electron chi connectivity index (χ1n) is 9.99. The summed E-state index contributed by atoms with van der Waals surface area (Å²) in [6, 6.07) is 26.4. The SMILES string of the molecule is CC(=O)Oc1ccccc1C1=C[C@@H](c2ccccc2)N(C(=O)/C=C/c2ccccc2)N1. The minimum Gasteiger partial charge on any atom is -0.426 e. The number of ether oxygens (including phenoxy) is 1. The molecule has 5 nitrogen and oxygen atoms in total. The van der Waals surface area contributed by atoms with Crippen molar-refractivity contribution in [3.05, 3.63) is 114 Å². The van der Waals surface area contributed by atoms with Crippen molar-refractivity contribution in [1.82, 2.24) is 10.4 Å². The van der Waals surface area contributed by atoms with E-state index in [0.29, 0.717) is 17.0 Å². The second-order valence-corrected chi connectivity index (χ2v) is 7.09. The zero-order chi connectivity index (χ0) is 21.6. The van der Waals surface area contributed by atoms with Crippen LogP contribution < -0.4 is 10.2 Å². The molecule has 1 atom stereocenters. The predicted molar refractivity (Wildman–Crippen MR) is 120 cm³/mol. The first kappa shape index (κ1) is 20.2. The maximum absolute atomic E-state index is 13.1. The largest absolute Gasteiger partial charge is 0.426 e. The molecule has 1 amide bonds. The zero-order valence-electron chi connectivity index (χ0n) is 17.1. The van der Waals surface area contributed by atoms with E-state index < -0.39 is 5.97 Å². The van der Waals surface area contributed by atoms with Gasteiger partial charge in [0.1, 0.15) is 5.75 Å². The van der Waals surface area contributed by atoms with Crippen molar-refractivity contribution in [2.24, 2.45) is 0 Å². The fourth-order valence-electron chi connectivity index (χ4n) is 3.45. The number of para-hydroxylation sites is 1. The molecule has 0 fully saturated rings. The van der Waals surface area contributed by atoms with Crippen LogP contribution in [0.25, 0.3) is 11.8 Å². The van der Waals surface area contributed by atoms with Crippen molar-refractivity contribution >= 4 is 23.6 Å². The van der Waals surface area contributed by atoms with Gasteiger partial charge in [0, 0.05) is 18.6 Å². The van der Waals surface area contributed by atoms with E-state index in [1.165, 1.54) is 6.92 Å². The van der Waals surface area contributed by atoms with Gasteiger partial charge < -0.3 is 4.74 Å². The third-order valence-corrected chi connectivity index (χ3v) is 4.87. The second kappa shape index (κ2) is 9.13. The highest BCUT2D eigenvalue weighted by Gasteiger charge is 2.30. The monoisotopic (exact) mass is 410 g/mol. The third kappa shape index (κ3) is 4.73. The van der Waals surface area contributed by atoms with Gasteiger partial charge in [0.25, 0.3) is 5.91 Å².